The molecule has 0 bridgehead atoms. The molecule has 1 aromatic rings. The van der Waals surface area contributed by atoms with Crippen LogP contribution in [0, 0.1) is 17.8 Å². The van der Waals surface area contributed by atoms with E-state index in [1.165, 1.54) is 9.31 Å². The molecule has 4 aliphatic rings. The van der Waals surface area contributed by atoms with Gasteiger partial charge in [0.15, 0.2) is 11.5 Å². The Labute approximate surface area is 239 Å². The van der Waals surface area contributed by atoms with E-state index in [-0.39, 0.29) is 35.5 Å². The van der Waals surface area contributed by atoms with Crippen molar-refractivity contribution in [3.63, 3.8) is 0 Å². The van der Waals surface area contributed by atoms with Gasteiger partial charge in [-0.15, -0.1) is 0 Å². The summed E-state index contributed by atoms with van der Waals surface area (Å²) in [5.74, 6) is 5.84. The lowest BCUT2D eigenvalue weighted by molar-refractivity contribution is -0.300. The zero-order chi connectivity index (χ0) is 29.3. The molecule has 0 amide bonds. The Bertz CT molecular complexity index is 1500. The number of sulfonamides is 1. The number of nitrogens with two attached hydrogens (primary N) is 1. The maximum atomic E-state index is 14.1. The van der Waals surface area contributed by atoms with Crippen molar-refractivity contribution >= 4 is 16.0 Å². The van der Waals surface area contributed by atoms with Crippen molar-refractivity contribution in [2.75, 3.05) is 32.8 Å². The maximum absolute atomic E-state index is 14.1. The largest absolute Gasteiger partial charge is 0.493 e. The van der Waals surface area contributed by atoms with E-state index in [4.69, 9.17) is 15.3 Å². The zero-order valence-corrected chi connectivity index (χ0v) is 24.2. The van der Waals surface area contributed by atoms with E-state index < -0.39 is 27.7 Å². The molecule has 1 atom stereocenters. The van der Waals surface area contributed by atoms with Gasteiger partial charge in [-0.2, -0.15) is 4.31 Å². The van der Waals surface area contributed by atoms with Crippen LogP contribution in [0.4, 0.5) is 4.39 Å². The van der Waals surface area contributed by atoms with Gasteiger partial charge >= 0.3 is 5.97 Å². The Kier molecular flexibility index (Phi) is 8.42. The van der Waals surface area contributed by atoms with Crippen LogP contribution in [-0.2, 0) is 26.0 Å². The van der Waals surface area contributed by atoms with Gasteiger partial charge in [-0.05, 0) is 47.8 Å². The number of hydrazine groups is 1. The standard InChI is InChI=1S/C29H36FN5O5S/c1-18(2)17-40-29(36)28-27(23-13-21(30)4-6-25(23)33-28)24(31)16-34(32)15-19-7-10-35(11-8-19)41(37,38)22-5-3-20-9-12-39-26(20)14-22/h3,5,14,16,18-19,23,33H,7-13,15,17,31-32H2,1-2H3/p+1. The van der Waals surface area contributed by atoms with E-state index in [2.05, 4.69) is 22.5 Å². The number of ether oxygens (including phenoxy) is 2. The van der Waals surface area contributed by atoms with Crippen LogP contribution in [-0.4, -0.2) is 56.5 Å². The lowest BCUT2D eigenvalue weighted by atomic mass is 9.90. The highest BCUT2D eigenvalue weighted by atomic mass is 32.2. The first kappa shape index (κ1) is 29.1. The van der Waals surface area contributed by atoms with Gasteiger partial charge in [-0.1, -0.05) is 19.9 Å². The number of nitrogens with zero attached hydrogens (tertiary/aromatic N) is 2. The Balaban J connectivity index is 1.24. The number of halogens is 1. The Morgan fingerprint density at radius 2 is 2.10 bits per heavy atom. The minimum absolute atomic E-state index is 0.0341. The van der Waals surface area contributed by atoms with Gasteiger partial charge in [0.05, 0.1) is 35.6 Å². The highest BCUT2D eigenvalue weighted by Gasteiger charge is 2.39. The van der Waals surface area contributed by atoms with Gasteiger partial charge < -0.3 is 25.5 Å². The van der Waals surface area contributed by atoms with Crippen LogP contribution in [0.3, 0.4) is 0 Å². The van der Waals surface area contributed by atoms with Crippen molar-refractivity contribution < 1.29 is 32.8 Å². The number of benzene rings is 1. The Morgan fingerprint density at radius 3 is 2.83 bits per heavy atom. The molecule has 1 fully saturated rings. The van der Waals surface area contributed by atoms with Gasteiger partial charge in [-0.25, -0.2) is 23.4 Å². The third-order valence-electron chi connectivity index (χ3n) is 7.71. The fraction of sp³-hybridized carbons (Fsp3) is 0.483. The summed E-state index contributed by atoms with van der Waals surface area (Å²) in [4.78, 5) is 13.1. The predicted molar refractivity (Wildman–Crippen MR) is 148 cm³/mol. The highest BCUT2D eigenvalue weighted by molar-refractivity contribution is 7.89. The van der Waals surface area contributed by atoms with Crippen molar-refractivity contribution in [1.82, 2.24) is 14.6 Å². The topological polar surface area (TPSA) is 142 Å². The number of esters is 1. The smallest absolute Gasteiger partial charge is 0.355 e. The molecular weight excluding hydrogens is 549 g/mol. The van der Waals surface area contributed by atoms with Crippen molar-refractivity contribution in [2.45, 2.75) is 44.4 Å². The minimum Gasteiger partial charge on any atom is -0.493 e. The number of hydrogen-bond acceptors (Lipinski definition) is 8. The third-order valence-corrected chi connectivity index (χ3v) is 9.60. The normalized spacial score (nSPS) is 21.2. The van der Waals surface area contributed by atoms with Crippen LogP contribution >= 0.6 is 0 Å². The number of carbonyl (C=O) groups excluding carboxylic acids is 1. The summed E-state index contributed by atoms with van der Waals surface area (Å²) in [5, 5.41) is 4.53. The second-order valence-electron chi connectivity index (χ2n) is 11.3. The van der Waals surface area contributed by atoms with Gasteiger partial charge in [-0.3, -0.25) is 0 Å². The molecule has 0 saturated carbocycles. The molecule has 3 heterocycles. The summed E-state index contributed by atoms with van der Waals surface area (Å²) >= 11 is 0. The number of piperidine rings is 1. The number of nitrogens with one attached hydrogen (secondary N) is 1. The minimum atomic E-state index is -3.62. The van der Waals surface area contributed by atoms with Crippen LogP contribution < -0.4 is 21.6 Å². The quantitative estimate of drug-likeness (QED) is 0.172. The molecule has 220 valence electrons. The summed E-state index contributed by atoms with van der Waals surface area (Å²) in [6, 6.07) is 5.10. The van der Waals surface area contributed by atoms with Gasteiger partial charge in [0.2, 0.25) is 10.0 Å². The van der Waals surface area contributed by atoms with E-state index in [1.807, 2.05) is 19.9 Å². The average molecular weight is 587 g/mol. The van der Waals surface area contributed by atoms with E-state index in [0.29, 0.717) is 61.8 Å². The van der Waals surface area contributed by atoms with E-state index in [1.54, 1.807) is 18.3 Å². The molecule has 12 heteroatoms. The summed E-state index contributed by atoms with van der Waals surface area (Å²) in [6.07, 6.45) is 3.75. The molecule has 1 unspecified atom stereocenters. The van der Waals surface area contributed by atoms with E-state index in [0.717, 1.165) is 12.0 Å². The first-order chi connectivity index (χ1) is 19.5. The molecule has 0 aromatic heterocycles. The van der Waals surface area contributed by atoms with Crippen LogP contribution in [0.1, 0.15) is 38.7 Å². The molecule has 0 spiro atoms. The number of rotatable bonds is 9. The second-order valence-corrected chi connectivity index (χ2v) is 13.2. The molecule has 0 radical (unpaired) electrons. The van der Waals surface area contributed by atoms with E-state index >= 15 is 0 Å². The fourth-order valence-corrected chi connectivity index (χ4v) is 7.05. The first-order valence-corrected chi connectivity index (χ1v) is 15.4. The number of fused-ring (bicyclic) bond motifs is 2. The van der Waals surface area contributed by atoms with Crippen molar-refractivity contribution in [3.8, 4) is 5.75 Å². The summed E-state index contributed by atoms with van der Waals surface area (Å²) in [5.41, 5.74) is 12.1. The molecule has 10 nitrogen and oxygen atoms in total. The predicted octanol–water partition coefficient (Wildman–Crippen LogP) is 1.85. The lowest BCUT2D eigenvalue weighted by Gasteiger charge is -2.32. The molecule has 3 aliphatic heterocycles. The van der Waals surface area contributed by atoms with Crippen molar-refractivity contribution in [3.05, 3.63) is 69.9 Å². The number of carbonyl (C=O) groups is 1. The van der Waals surface area contributed by atoms with Gasteiger partial charge in [0, 0.05) is 44.5 Å². The summed E-state index contributed by atoms with van der Waals surface area (Å²) in [6.45, 7) is 5.94. The molecule has 41 heavy (non-hydrogen) atoms. The van der Waals surface area contributed by atoms with Gasteiger partial charge in [0.25, 0.3) is 0 Å². The van der Waals surface area contributed by atoms with Crippen molar-refractivity contribution in [2.24, 2.45) is 23.6 Å². The first-order valence-electron chi connectivity index (χ1n) is 13.9. The fourth-order valence-electron chi connectivity index (χ4n) is 5.56. The van der Waals surface area contributed by atoms with E-state index in [9.17, 15) is 17.6 Å². The maximum Gasteiger partial charge on any atom is 0.355 e. The number of allylic oxidation sites excluding steroid dienone is 3. The third kappa shape index (κ3) is 6.28. The van der Waals surface area contributed by atoms with Crippen LogP contribution in [0.2, 0.25) is 0 Å². The summed E-state index contributed by atoms with van der Waals surface area (Å²) < 4.78 is 53.1. The number of hydrogen-bond donors (Lipinski definition) is 3. The average Bonchev–Trinajstić information content (AvgIpc) is 3.56. The van der Waals surface area contributed by atoms with Crippen LogP contribution in [0.15, 0.2) is 69.2 Å². The molecule has 1 aromatic carbocycles. The molecule has 1 saturated heterocycles. The lowest BCUT2D eigenvalue weighted by Crippen LogP contribution is -2.51. The molecule has 5 rings (SSSR count). The zero-order valence-electron chi connectivity index (χ0n) is 23.4. The molecule has 1 aliphatic carbocycles. The molecule has 6 N–H and O–H groups in total. The van der Waals surface area contributed by atoms with Crippen LogP contribution in [0.25, 0.3) is 0 Å². The summed E-state index contributed by atoms with van der Waals surface area (Å²) in [7, 11) is -3.62. The number of quaternary nitrogens is 1. The Morgan fingerprint density at radius 1 is 1.34 bits per heavy atom. The van der Waals surface area contributed by atoms with Crippen molar-refractivity contribution in [1.29, 1.82) is 0 Å². The van der Waals surface area contributed by atoms with Gasteiger partial charge in [0.1, 0.15) is 11.4 Å². The highest BCUT2D eigenvalue weighted by Crippen LogP contribution is 2.38. The SMILES string of the molecule is CC(C)COC(=O)C1=C(C([NH3+])=CN(N)CC2CCN(S(=O)(=O)c3ccc4c(c3)OCC4)CC2)C2CC(F)=C=C=C2N1. The monoisotopic (exact) mass is 586 g/mol. The molecular formula is C29H37FN5O5S+. The second kappa shape index (κ2) is 11.9. The van der Waals surface area contributed by atoms with Crippen LogP contribution in [0.5, 0.6) is 5.75 Å². The Hall–Kier alpha value is -3.37.